The lowest BCUT2D eigenvalue weighted by atomic mass is 10.1. The lowest BCUT2D eigenvalue weighted by molar-refractivity contribution is 0.0991. The largest absolute Gasteiger partial charge is 0.505 e. The quantitative estimate of drug-likeness (QED) is 0.555. The summed E-state index contributed by atoms with van der Waals surface area (Å²) in [6, 6.07) is 0.664. The molecule has 70 valence electrons. The number of carbonyl (C=O) groups is 1. The molecule has 0 aliphatic rings. The van der Waals surface area contributed by atoms with Crippen molar-refractivity contribution in [1.29, 1.82) is 0 Å². The number of hydrogen-bond donors (Lipinski definition) is 3. The third-order valence-electron chi connectivity index (χ3n) is 1.46. The molecule has 1 aromatic carbocycles. The Morgan fingerprint density at radius 2 is 1.92 bits per heavy atom. The van der Waals surface area contributed by atoms with Crippen LogP contribution in [-0.2, 0) is 0 Å². The number of carbonyl (C=O) groups excluding carboxylic acids is 1. The number of primary amides is 1. The first-order valence-corrected chi connectivity index (χ1v) is 3.21. The summed E-state index contributed by atoms with van der Waals surface area (Å²) in [5.74, 6) is -4.90. The molecule has 1 amide bonds. The van der Waals surface area contributed by atoms with Crippen LogP contribution >= 0.6 is 0 Å². The number of hydrogen-bond acceptors (Lipinski definition) is 3. The summed E-state index contributed by atoms with van der Waals surface area (Å²) in [7, 11) is 0. The Bertz CT molecular complexity index is 353. The molecule has 1 rings (SSSR count). The van der Waals surface area contributed by atoms with Gasteiger partial charge in [-0.3, -0.25) is 4.79 Å². The van der Waals surface area contributed by atoms with Gasteiger partial charge in [0.25, 0.3) is 5.91 Å². The number of aromatic hydroxyl groups is 1. The summed E-state index contributed by atoms with van der Waals surface area (Å²) < 4.78 is 25.8. The van der Waals surface area contributed by atoms with Crippen molar-refractivity contribution in [3.05, 3.63) is 23.3 Å². The molecule has 0 heterocycles. The van der Waals surface area contributed by atoms with Crippen molar-refractivity contribution in [2.24, 2.45) is 5.73 Å². The highest BCUT2D eigenvalue weighted by molar-refractivity contribution is 5.94. The van der Waals surface area contributed by atoms with Gasteiger partial charge in [-0.1, -0.05) is 0 Å². The van der Waals surface area contributed by atoms with E-state index in [9.17, 15) is 13.6 Å². The summed E-state index contributed by atoms with van der Waals surface area (Å²) in [6.07, 6.45) is 0. The molecule has 1 aromatic rings. The van der Waals surface area contributed by atoms with Crippen LogP contribution in [0.5, 0.6) is 5.75 Å². The minimum Gasteiger partial charge on any atom is -0.505 e. The van der Waals surface area contributed by atoms with Crippen molar-refractivity contribution in [2.75, 3.05) is 5.73 Å². The smallest absolute Gasteiger partial charge is 0.254 e. The van der Waals surface area contributed by atoms with Gasteiger partial charge in [0, 0.05) is 6.07 Å². The van der Waals surface area contributed by atoms with Crippen LogP contribution in [0, 0.1) is 11.6 Å². The number of anilines is 1. The lowest BCUT2D eigenvalue weighted by Crippen LogP contribution is -2.16. The molecular formula is C7H6F2N2O2. The van der Waals surface area contributed by atoms with Crippen LogP contribution < -0.4 is 11.5 Å². The van der Waals surface area contributed by atoms with E-state index in [2.05, 4.69) is 5.73 Å². The maximum Gasteiger partial charge on any atom is 0.254 e. The van der Waals surface area contributed by atoms with Gasteiger partial charge in [0.1, 0.15) is 5.56 Å². The van der Waals surface area contributed by atoms with E-state index in [4.69, 9.17) is 10.8 Å². The summed E-state index contributed by atoms with van der Waals surface area (Å²) in [5.41, 5.74) is 8.12. The van der Waals surface area contributed by atoms with E-state index in [1.165, 1.54) is 0 Å². The van der Waals surface area contributed by atoms with Gasteiger partial charge in [-0.05, 0) is 0 Å². The number of nitrogen functional groups attached to an aromatic ring is 1. The predicted molar refractivity (Wildman–Crippen MR) is 41.0 cm³/mol. The monoisotopic (exact) mass is 188 g/mol. The van der Waals surface area contributed by atoms with Crippen LogP contribution in [0.25, 0.3) is 0 Å². The standard InChI is InChI=1S/C7H6F2N2O2/c8-5-2(10)1-3(12)6(9)4(5)7(11)13/h1,12H,10H2,(H2,11,13). The highest BCUT2D eigenvalue weighted by atomic mass is 19.1. The molecular weight excluding hydrogens is 182 g/mol. The molecule has 0 unspecified atom stereocenters. The van der Waals surface area contributed by atoms with Crippen molar-refractivity contribution in [3.63, 3.8) is 0 Å². The second-order valence-corrected chi connectivity index (χ2v) is 2.35. The van der Waals surface area contributed by atoms with Gasteiger partial charge >= 0.3 is 0 Å². The van der Waals surface area contributed by atoms with Gasteiger partial charge in [-0.25, -0.2) is 8.78 Å². The molecule has 0 saturated heterocycles. The van der Waals surface area contributed by atoms with Crippen molar-refractivity contribution in [3.8, 4) is 5.75 Å². The molecule has 0 aliphatic heterocycles. The van der Waals surface area contributed by atoms with Crippen molar-refractivity contribution in [2.45, 2.75) is 0 Å². The maximum absolute atomic E-state index is 12.9. The summed E-state index contributed by atoms with van der Waals surface area (Å²) in [4.78, 5) is 10.5. The fourth-order valence-corrected chi connectivity index (χ4v) is 0.859. The van der Waals surface area contributed by atoms with E-state index >= 15 is 0 Å². The van der Waals surface area contributed by atoms with Crippen molar-refractivity contribution < 1.29 is 18.7 Å². The number of halogens is 2. The first kappa shape index (κ1) is 9.24. The van der Waals surface area contributed by atoms with Crippen LogP contribution in [-0.4, -0.2) is 11.0 Å². The maximum atomic E-state index is 12.9. The minimum atomic E-state index is -1.40. The molecule has 0 radical (unpaired) electrons. The first-order valence-electron chi connectivity index (χ1n) is 3.21. The zero-order chi connectivity index (χ0) is 10.2. The average Bonchev–Trinajstić information content (AvgIpc) is 2.01. The van der Waals surface area contributed by atoms with Gasteiger partial charge < -0.3 is 16.6 Å². The minimum absolute atomic E-state index is 0.535. The Morgan fingerprint density at radius 1 is 1.38 bits per heavy atom. The third-order valence-corrected chi connectivity index (χ3v) is 1.46. The molecule has 5 N–H and O–H groups in total. The van der Waals surface area contributed by atoms with E-state index < -0.39 is 34.5 Å². The van der Waals surface area contributed by atoms with Gasteiger partial charge in [0.05, 0.1) is 5.69 Å². The van der Waals surface area contributed by atoms with E-state index in [1.807, 2.05) is 0 Å². The second-order valence-electron chi connectivity index (χ2n) is 2.35. The molecule has 0 atom stereocenters. The van der Waals surface area contributed by atoms with Crippen LogP contribution in [0.4, 0.5) is 14.5 Å². The van der Waals surface area contributed by atoms with Crippen LogP contribution in [0.1, 0.15) is 10.4 Å². The van der Waals surface area contributed by atoms with Gasteiger partial charge in [0.15, 0.2) is 17.4 Å². The van der Waals surface area contributed by atoms with Crippen molar-refractivity contribution >= 4 is 11.6 Å². The number of rotatable bonds is 1. The van der Waals surface area contributed by atoms with E-state index in [0.29, 0.717) is 6.07 Å². The van der Waals surface area contributed by atoms with Crippen LogP contribution in [0.2, 0.25) is 0 Å². The number of amides is 1. The summed E-state index contributed by atoms with van der Waals surface area (Å²) in [5, 5.41) is 8.82. The number of benzene rings is 1. The second kappa shape index (κ2) is 2.89. The van der Waals surface area contributed by atoms with E-state index in [-0.39, 0.29) is 0 Å². The molecule has 0 spiro atoms. The number of phenolic OH excluding ortho intramolecular Hbond substituents is 1. The van der Waals surface area contributed by atoms with Gasteiger partial charge in [0.2, 0.25) is 0 Å². The SMILES string of the molecule is NC(=O)c1c(F)c(N)cc(O)c1F. The molecule has 0 aromatic heterocycles. The normalized spacial score (nSPS) is 10.0. The van der Waals surface area contributed by atoms with E-state index in [0.717, 1.165) is 0 Å². The average molecular weight is 188 g/mol. The Kier molecular flexibility index (Phi) is 2.05. The zero-order valence-corrected chi connectivity index (χ0v) is 6.34. The van der Waals surface area contributed by atoms with Crippen LogP contribution in [0.15, 0.2) is 6.07 Å². The molecule has 6 heteroatoms. The molecule has 0 aliphatic carbocycles. The number of phenols is 1. The molecule has 0 bridgehead atoms. The fourth-order valence-electron chi connectivity index (χ4n) is 0.859. The zero-order valence-electron chi connectivity index (χ0n) is 6.34. The summed E-state index contributed by atoms with van der Waals surface area (Å²) >= 11 is 0. The third kappa shape index (κ3) is 1.37. The Balaban J connectivity index is 3.56. The first-order chi connectivity index (χ1) is 5.95. The predicted octanol–water partition coefficient (Wildman–Crippen LogP) is 0.352. The Hall–Kier alpha value is -1.85. The van der Waals surface area contributed by atoms with Crippen molar-refractivity contribution in [1.82, 2.24) is 0 Å². The topological polar surface area (TPSA) is 89.3 Å². The number of nitrogens with two attached hydrogens (primary N) is 2. The van der Waals surface area contributed by atoms with Gasteiger partial charge in [-0.2, -0.15) is 0 Å². The Labute approximate surface area is 71.8 Å². The summed E-state index contributed by atoms with van der Waals surface area (Å²) in [6.45, 7) is 0. The molecule has 4 nitrogen and oxygen atoms in total. The van der Waals surface area contributed by atoms with E-state index in [1.54, 1.807) is 0 Å². The molecule has 0 fully saturated rings. The van der Waals surface area contributed by atoms with Gasteiger partial charge in [-0.15, -0.1) is 0 Å². The van der Waals surface area contributed by atoms with Crippen LogP contribution in [0.3, 0.4) is 0 Å². The molecule has 13 heavy (non-hydrogen) atoms. The molecule has 0 saturated carbocycles. The Morgan fingerprint density at radius 3 is 2.38 bits per heavy atom. The highest BCUT2D eigenvalue weighted by Gasteiger charge is 2.20. The lowest BCUT2D eigenvalue weighted by Gasteiger charge is -2.04. The highest BCUT2D eigenvalue weighted by Crippen LogP contribution is 2.26. The fraction of sp³-hybridized carbons (Fsp3) is 0.